The van der Waals surface area contributed by atoms with Crippen LogP contribution in [-0.4, -0.2) is 19.2 Å². The maximum absolute atomic E-state index is 13.9. The summed E-state index contributed by atoms with van der Waals surface area (Å²) in [6.45, 7) is 1.33. The van der Waals surface area contributed by atoms with Gasteiger partial charge >= 0.3 is 0 Å². The molecule has 1 aliphatic rings. The van der Waals surface area contributed by atoms with Gasteiger partial charge in [0.1, 0.15) is 5.82 Å². The molecule has 0 spiro atoms. The van der Waals surface area contributed by atoms with Crippen molar-refractivity contribution >= 4 is 33.0 Å². The average molecular weight is 393 g/mol. The molecule has 0 bridgehead atoms. The lowest BCUT2D eigenvalue weighted by atomic mass is 10.2. The van der Waals surface area contributed by atoms with Gasteiger partial charge in [0.15, 0.2) is 0 Å². The van der Waals surface area contributed by atoms with E-state index < -0.39 is 20.8 Å². The summed E-state index contributed by atoms with van der Waals surface area (Å²) in [6.07, 6.45) is 1.48. The van der Waals surface area contributed by atoms with Crippen molar-refractivity contribution in [2.45, 2.75) is 24.7 Å². The molecule has 142 valence electrons. The number of nitro benzene ring substituents is 1. The van der Waals surface area contributed by atoms with E-state index >= 15 is 0 Å². The zero-order valence-corrected chi connectivity index (χ0v) is 15.0. The molecular weight excluding hydrogens is 377 g/mol. The van der Waals surface area contributed by atoms with Crippen molar-refractivity contribution in [3.05, 3.63) is 57.9 Å². The molecule has 1 fully saturated rings. The maximum atomic E-state index is 13.9. The molecule has 0 unspecified atom stereocenters. The minimum absolute atomic E-state index is 0.0145. The van der Waals surface area contributed by atoms with Crippen molar-refractivity contribution < 1.29 is 22.5 Å². The summed E-state index contributed by atoms with van der Waals surface area (Å²) in [5, 5.41) is 13.4. The summed E-state index contributed by atoms with van der Waals surface area (Å²) in [4.78, 5) is 21.9. The first-order chi connectivity index (χ1) is 12.7. The molecule has 1 aliphatic carbocycles. The quantitative estimate of drug-likeness (QED) is 0.577. The van der Waals surface area contributed by atoms with Gasteiger partial charge in [-0.3, -0.25) is 19.6 Å². The van der Waals surface area contributed by atoms with Crippen molar-refractivity contribution in [3.8, 4) is 0 Å². The summed E-state index contributed by atoms with van der Waals surface area (Å²) in [7, 11) is -4.15. The predicted octanol–water partition coefficient (Wildman–Crippen LogP) is 3.19. The van der Waals surface area contributed by atoms with E-state index in [0.717, 1.165) is 18.9 Å². The van der Waals surface area contributed by atoms with Crippen molar-refractivity contribution in [1.82, 2.24) is 0 Å². The van der Waals surface area contributed by atoms with Gasteiger partial charge in [-0.05, 0) is 44.0 Å². The molecule has 0 saturated heterocycles. The second-order valence-corrected chi connectivity index (χ2v) is 7.87. The molecule has 2 aromatic carbocycles. The molecule has 0 aliphatic heterocycles. The number of sulfonamides is 1. The Kier molecular flexibility index (Phi) is 4.83. The van der Waals surface area contributed by atoms with Crippen LogP contribution in [0.5, 0.6) is 0 Å². The second kappa shape index (κ2) is 6.95. The van der Waals surface area contributed by atoms with Crippen LogP contribution < -0.4 is 10.0 Å². The van der Waals surface area contributed by atoms with Crippen LogP contribution >= 0.6 is 0 Å². The zero-order valence-electron chi connectivity index (χ0n) is 14.2. The molecule has 2 aromatic rings. The molecule has 0 radical (unpaired) electrons. The number of hydrogen-bond donors (Lipinski definition) is 2. The Hall–Kier alpha value is -3.01. The van der Waals surface area contributed by atoms with Gasteiger partial charge in [0.25, 0.3) is 15.7 Å². The van der Waals surface area contributed by atoms with Crippen LogP contribution in [-0.2, 0) is 14.8 Å². The number of benzene rings is 2. The minimum Gasteiger partial charge on any atom is -0.323 e. The van der Waals surface area contributed by atoms with Crippen LogP contribution in [0.25, 0.3) is 0 Å². The number of rotatable bonds is 6. The minimum atomic E-state index is -4.15. The normalized spacial score (nSPS) is 13.9. The standard InChI is InChI=1S/C17H16FN3O5S/c1-10-15(21(23)24)3-2-4-16(10)27(25,26)20-12-7-8-13(18)14(9-12)19-17(22)11-5-6-11/h2-4,7-9,11,20H,5-6H2,1H3,(H,19,22). The molecule has 0 aromatic heterocycles. The van der Waals surface area contributed by atoms with Gasteiger partial charge in [0, 0.05) is 17.5 Å². The Morgan fingerprint density at radius 3 is 2.59 bits per heavy atom. The molecule has 8 nitrogen and oxygen atoms in total. The first kappa shape index (κ1) is 18.8. The largest absolute Gasteiger partial charge is 0.323 e. The van der Waals surface area contributed by atoms with E-state index in [2.05, 4.69) is 10.0 Å². The fourth-order valence-electron chi connectivity index (χ4n) is 2.57. The highest BCUT2D eigenvalue weighted by Crippen LogP contribution is 2.32. The lowest BCUT2D eigenvalue weighted by molar-refractivity contribution is -0.385. The Morgan fingerprint density at radius 2 is 1.96 bits per heavy atom. The number of carbonyl (C=O) groups is 1. The molecule has 1 saturated carbocycles. The van der Waals surface area contributed by atoms with E-state index in [0.29, 0.717) is 0 Å². The summed E-state index contributed by atoms with van der Waals surface area (Å²) in [5.74, 6) is -1.15. The number of anilines is 2. The van der Waals surface area contributed by atoms with Crippen LogP contribution in [0.4, 0.5) is 21.5 Å². The summed E-state index contributed by atoms with van der Waals surface area (Å²) >= 11 is 0. The summed E-state index contributed by atoms with van der Waals surface area (Å²) in [6, 6.07) is 7.11. The van der Waals surface area contributed by atoms with Gasteiger partial charge in [-0.25, -0.2) is 12.8 Å². The fraction of sp³-hybridized carbons (Fsp3) is 0.235. The molecule has 0 heterocycles. The van der Waals surface area contributed by atoms with Gasteiger partial charge < -0.3 is 5.32 Å². The molecule has 27 heavy (non-hydrogen) atoms. The van der Waals surface area contributed by atoms with Crippen molar-refractivity contribution in [2.75, 3.05) is 10.0 Å². The van der Waals surface area contributed by atoms with E-state index in [9.17, 15) is 27.7 Å². The lowest BCUT2D eigenvalue weighted by Gasteiger charge is -2.12. The van der Waals surface area contributed by atoms with E-state index in [4.69, 9.17) is 0 Å². The Bertz CT molecular complexity index is 1030. The second-order valence-electron chi connectivity index (χ2n) is 6.22. The van der Waals surface area contributed by atoms with Gasteiger partial charge in [0.2, 0.25) is 5.91 Å². The number of nitrogens with one attached hydrogen (secondary N) is 2. The third kappa shape index (κ3) is 4.05. The van der Waals surface area contributed by atoms with Crippen LogP contribution in [0.3, 0.4) is 0 Å². The predicted molar refractivity (Wildman–Crippen MR) is 96.4 cm³/mol. The van der Waals surface area contributed by atoms with E-state index in [1.54, 1.807) is 0 Å². The monoisotopic (exact) mass is 393 g/mol. The Balaban J connectivity index is 1.89. The highest BCUT2D eigenvalue weighted by Gasteiger charge is 2.30. The van der Waals surface area contributed by atoms with Gasteiger partial charge in [-0.1, -0.05) is 6.07 Å². The van der Waals surface area contributed by atoms with Gasteiger partial charge in [-0.15, -0.1) is 0 Å². The Labute approximate surface area is 154 Å². The van der Waals surface area contributed by atoms with E-state index in [1.807, 2.05) is 0 Å². The van der Waals surface area contributed by atoms with E-state index in [-0.39, 0.29) is 39.3 Å². The molecule has 2 N–H and O–H groups in total. The smallest absolute Gasteiger partial charge is 0.273 e. The molecule has 3 rings (SSSR count). The molecule has 10 heteroatoms. The van der Waals surface area contributed by atoms with Crippen LogP contribution in [0, 0.1) is 28.8 Å². The summed E-state index contributed by atoms with van der Waals surface area (Å²) in [5.41, 5.74) is -0.454. The van der Waals surface area contributed by atoms with E-state index in [1.165, 1.54) is 37.3 Å². The summed E-state index contributed by atoms with van der Waals surface area (Å²) < 4.78 is 41.4. The fourth-order valence-corrected chi connectivity index (χ4v) is 3.88. The number of halogens is 1. The molecule has 1 amide bonds. The number of amides is 1. The topological polar surface area (TPSA) is 118 Å². The molecular formula is C17H16FN3O5S. The first-order valence-electron chi connectivity index (χ1n) is 8.06. The lowest BCUT2D eigenvalue weighted by Crippen LogP contribution is -2.17. The van der Waals surface area contributed by atoms with Crippen molar-refractivity contribution in [1.29, 1.82) is 0 Å². The van der Waals surface area contributed by atoms with Gasteiger partial charge in [-0.2, -0.15) is 0 Å². The number of carbonyl (C=O) groups excluding carboxylic acids is 1. The SMILES string of the molecule is Cc1c([N+](=O)[O-])cccc1S(=O)(=O)Nc1ccc(F)c(NC(=O)C2CC2)c1. The first-order valence-corrected chi connectivity index (χ1v) is 9.54. The zero-order chi connectivity index (χ0) is 19.8. The van der Waals surface area contributed by atoms with Crippen LogP contribution in [0.15, 0.2) is 41.3 Å². The molecule has 0 atom stereocenters. The van der Waals surface area contributed by atoms with Crippen molar-refractivity contribution in [3.63, 3.8) is 0 Å². The van der Waals surface area contributed by atoms with Crippen LogP contribution in [0.2, 0.25) is 0 Å². The van der Waals surface area contributed by atoms with Crippen LogP contribution in [0.1, 0.15) is 18.4 Å². The highest BCUT2D eigenvalue weighted by molar-refractivity contribution is 7.92. The van der Waals surface area contributed by atoms with Gasteiger partial charge in [0.05, 0.1) is 21.2 Å². The average Bonchev–Trinajstić information content (AvgIpc) is 3.42. The number of nitro groups is 1. The third-order valence-corrected chi connectivity index (χ3v) is 5.69. The highest BCUT2D eigenvalue weighted by atomic mass is 32.2. The van der Waals surface area contributed by atoms with Crippen molar-refractivity contribution in [2.24, 2.45) is 5.92 Å². The Morgan fingerprint density at radius 1 is 1.26 bits per heavy atom. The number of hydrogen-bond acceptors (Lipinski definition) is 5. The third-order valence-electron chi connectivity index (χ3n) is 4.17. The maximum Gasteiger partial charge on any atom is 0.273 e. The number of nitrogens with zero attached hydrogens (tertiary/aromatic N) is 1.